The number of anilines is 3. The lowest BCUT2D eigenvalue weighted by molar-refractivity contribution is 0.572. The summed E-state index contributed by atoms with van der Waals surface area (Å²) in [7, 11) is 0. The number of oxazole rings is 1. The average Bonchev–Trinajstić information content (AvgIpc) is 3.02. The molecule has 2 aromatic heterocycles. The van der Waals surface area contributed by atoms with E-state index < -0.39 is 5.56 Å². The van der Waals surface area contributed by atoms with Crippen molar-refractivity contribution in [2.24, 2.45) is 0 Å². The number of nitrogen functional groups attached to an aromatic ring is 1. The van der Waals surface area contributed by atoms with Crippen LogP contribution in [-0.4, -0.2) is 9.97 Å². The number of nitrogens with one attached hydrogen (secondary N) is 2. The standard InChI is InChI=1S/C15H11N5O2/c16-6-11-12(17)5-14(20-15(11)21)19-10-3-1-9(2-4-10)13-7-18-8-22-13/h1-5,7-8H,(H4,17,19,20,21). The van der Waals surface area contributed by atoms with Crippen molar-refractivity contribution in [2.45, 2.75) is 0 Å². The van der Waals surface area contributed by atoms with Gasteiger partial charge in [-0.25, -0.2) is 4.98 Å². The molecule has 0 unspecified atom stereocenters. The molecule has 1 aromatic carbocycles. The number of benzene rings is 1. The van der Waals surface area contributed by atoms with Gasteiger partial charge in [0.25, 0.3) is 5.56 Å². The second-order valence-corrected chi connectivity index (χ2v) is 4.52. The molecule has 108 valence electrons. The van der Waals surface area contributed by atoms with E-state index in [2.05, 4.69) is 15.3 Å². The zero-order valence-electron chi connectivity index (χ0n) is 11.3. The molecule has 0 radical (unpaired) electrons. The number of nitriles is 1. The minimum absolute atomic E-state index is 0.0915. The number of rotatable bonds is 3. The highest BCUT2D eigenvalue weighted by Crippen LogP contribution is 2.22. The first-order chi connectivity index (χ1) is 10.7. The number of aromatic amines is 1. The molecule has 4 N–H and O–H groups in total. The van der Waals surface area contributed by atoms with Gasteiger partial charge in [-0.15, -0.1) is 0 Å². The van der Waals surface area contributed by atoms with Gasteiger partial charge in [0.15, 0.2) is 12.2 Å². The number of H-pyrrole nitrogens is 1. The Morgan fingerprint density at radius 3 is 2.68 bits per heavy atom. The molecule has 0 aliphatic rings. The lowest BCUT2D eigenvalue weighted by atomic mass is 10.1. The van der Waals surface area contributed by atoms with Gasteiger partial charge in [0.1, 0.15) is 17.5 Å². The zero-order chi connectivity index (χ0) is 15.5. The van der Waals surface area contributed by atoms with Crippen LogP contribution in [-0.2, 0) is 0 Å². The molecular weight excluding hydrogens is 282 g/mol. The summed E-state index contributed by atoms with van der Waals surface area (Å²) in [5.41, 5.74) is 6.83. The molecule has 0 amide bonds. The van der Waals surface area contributed by atoms with E-state index in [1.165, 1.54) is 12.5 Å². The topological polar surface area (TPSA) is 121 Å². The van der Waals surface area contributed by atoms with Crippen molar-refractivity contribution < 1.29 is 4.42 Å². The second kappa shape index (κ2) is 5.46. The summed E-state index contributed by atoms with van der Waals surface area (Å²) in [4.78, 5) is 18.1. The number of aromatic nitrogens is 2. The predicted molar refractivity (Wildman–Crippen MR) is 81.4 cm³/mol. The average molecular weight is 293 g/mol. The second-order valence-electron chi connectivity index (χ2n) is 4.52. The summed E-state index contributed by atoms with van der Waals surface area (Å²) < 4.78 is 5.21. The van der Waals surface area contributed by atoms with Crippen LogP contribution in [0.3, 0.4) is 0 Å². The van der Waals surface area contributed by atoms with Crippen molar-refractivity contribution in [3.05, 3.63) is 58.8 Å². The fourth-order valence-electron chi connectivity index (χ4n) is 1.99. The van der Waals surface area contributed by atoms with E-state index >= 15 is 0 Å². The van der Waals surface area contributed by atoms with Gasteiger partial charge in [0.2, 0.25) is 0 Å². The molecule has 0 spiro atoms. The minimum Gasteiger partial charge on any atom is -0.444 e. The van der Waals surface area contributed by atoms with Gasteiger partial charge in [-0.05, 0) is 24.3 Å². The first-order valence-corrected chi connectivity index (χ1v) is 6.36. The third-order valence-electron chi connectivity index (χ3n) is 3.06. The molecule has 3 rings (SSSR count). The summed E-state index contributed by atoms with van der Waals surface area (Å²) >= 11 is 0. The normalized spacial score (nSPS) is 10.1. The maximum Gasteiger partial charge on any atom is 0.269 e. The summed E-state index contributed by atoms with van der Waals surface area (Å²) in [6.07, 6.45) is 2.99. The predicted octanol–water partition coefficient (Wildman–Crippen LogP) is 2.23. The van der Waals surface area contributed by atoms with E-state index in [0.717, 1.165) is 11.3 Å². The Morgan fingerprint density at radius 1 is 1.32 bits per heavy atom. The molecule has 7 heteroatoms. The molecule has 0 fully saturated rings. The number of hydrogen-bond acceptors (Lipinski definition) is 6. The van der Waals surface area contributed by atoms with Crippen molar-refractivity contribution in [1.82, 2.24) is 9.97 Å². The summed E-state index contributed by atoms with van der Waals surface area (Å²) in [5, 5.41) is 11.8. The quantitative estimate of drug-likeness (QED) is 0.681. The SMILES string of the molecule is N#Cc1c(N)cc(Nc2ccc(-c3cnco3)cc2)[nH]c1=O. The van der Waals surface area contributed by atoms with Crippen molar-refractivity contribution in [3.8, 4) is 17.4 Å². The number of nitrogens with two attached hydrogens (primary N) is 1. The highest BCUT2D eigenvalue weighted by Gasteiger charge is 2.07. The molecule has 22 heavy (non-hydrogen) atoms. The van der Waals surface area contributed by atoms with Crippen LogP contribution in [0.1, 0.15) is 5.56 Å². The minimum atomic E-state index is -0.525. The fourth-order valence-corrected chi connectivity index (χ4v) is 1.99. The highest BCUT2D eigenvalue weighted by atomic mass is 16.3. The van der Waals surface area contributed by atoms with Crippen molar-refractivity contribution in [2.75, 3.05) is 11.1 Å². The van der Waals surface area contributed by atoms with E-state index in [-0.39, 0.29) is 11.3 Å². The molecule has 0 aliphatic carbocycles. The van der Waals surface area contributed by atoms with Crippen molar-refractivity contribution >= 4 is 17.2 Å². The number of nitrogens with zero attached hydrogens (tertiary/aromatic N) is 2. The fraction of sp³-hybridized carbons (Fsp3) is 0. The molecular formula is C15H11N5O2. The van der Waals surface area contributed by atoms with Crippen molar-refractivity contribution in [1.29, 1.82) is 5.26 Å². The monoisotopic (exact) mass is 293 g/mol. The number of hydrogen-bond donors (Lipinski definition) is 3. The number of pyridine rings is 1. The molecule has 0 bridgehead atoms. The molecule has 0 saturated heterocycles. The van der Waals surface area contributed by atoms with E-state index in [4.69, 9.17) is 15.4 Å². The van der Waals surface area contributed by atoms with Crippen LogP contribution in [0.25, 0.3) is 11.3 Å². The molecule has 3 aromatic rings. The van der Waals surface area contributed by atoms with Crippen LogP contribution in [0.5, 0.6) is 0 Å². The third kappa shape index (κ3) is 2.53. The first-order valence-electron chi connectivity index (χ1n) is 6.36. The maximum atomic E-state index is 11.7. The molecule has 0 saturated carbocycles. The van der Waals surface area contributed by atoms with E-state index in [9.17, 15) is 4.79 Å². The van der Waals surface area contributed by atoms with Crippen LogP contribution in [0.15, 0.2) is 52.1 Å². The lowest BCUT2D eigenvalue weighted by Crippen LogP contribution is -2.14. The van der Waals surface area contributed by atoms with Gasteiger partial charge in [-0.3, -0.25) is 4.79 Å². The largest absolute Gasteiger partial charge is 0.444 e. The highest BCUT2D eigenvalue weighted by molar-refractivity contribution is 5.66. The lowest BCUT2D eigenvalue weighted by Gasteiger charge is -2.08. The van der Waals surface area contributed by atoms with Crippen LogP contribution in [0.2, 0.25) is 0 Å². The van der Waals surface area contributed by atoms with Crippen molar-refractivity contribution in [3.63, 3.8) is 0 Å². The Bertz CT molecular complexity index is 889. The maximum absolute atomic E-state index is 11.7. The van der Waals surface area contributed by atoms with Gasteiger partial charge < -0.3 is 20.5 Å². The van der Waals surface area contributed by atoms with Gasteiger partial charge in [0, 0.05) is 17.3 Å². The van der Waals surface area contributed by atoms with Crippen LogP contribution < -0.4 is 16.6 Å². The first kappa shape index (κ1) is 13.5. The Labute approximate surface area is 125 Å². The molecule has 2 heterocycles. The molecule has 7 nitrogen and oxygen atoms in total. The Balaban J connectivity index is 1.85. The van der Waals surface area contributed by atoms with Gasteiger partial charge in [-0.2, -0.15) is 5.26 Å². The van der Waals surface area contributed by atoms with Crippen LogP contribution in [0, 0.1) is 11.3 Å². The Kier molecular flexibility index (Phi) is 3.34. The third-order valence-corrected chi connectivity index (χ3v) is 3.06. The smallest absolute Gasteiger partial charge is 0.269 e. The summed E-state index contributed by atoms with van der Waals surface area (Å²) in [6.45, 7) is 0. The summed E-state index contributed by atoms with van der Waals surface area (Å²) in [5.74, 6) is 1.08. The van der Waals surface area contributed by atoms with E-state index in [1.807, 2.05) is 24.3 Å². The van der Waals surface area contributed by atoms with E-state index in [0.29, 0.717) is 11.6 Å². The van der Waals surface area contributed by atoms with Crippen LogP contribution >= 0.6 is 0 Å². The molecule has 0 atom stereocenters. The van der Waals surface area contributed by atoms with Crippen LogP contribution in [0.4, 0.5) is 17.2 Å². The Morgan fingerprint density at radius 2 is 2.09 bits per heavy atom. The zero-order valence-corrected chi connectivity index (χ0v) is 11.3. The van der Waals surface area contributed by atoms with Gasteiger partial charge in [0.05, 0.1) is 11.9 Å². The van der Waals surface area contributed by atoms with Gasteiger partial charge in [-0.1, -0.05) is 0 Å². The Hall–Kier alpha value is -3.53. The van der Waals surface area contributed by atoms with Gasteiger partial charge >= 0.3 is 0 Å². The summed E-state index contributed by atoms with van der Waals surface area (Å²) in [6, 6.07) is 10.6. The van der Waals surface area contributed by atoms with E-state index in [1.54, 1.807) is 12.3 Å². The molecule has 0 aliphatic heterocycles.